The average Bonchev–Trinajstić information content (AvgIpc) is 3.12. The van der Waals surface area contributed by atoms with Crippen molar-refractivity contribution in [1.29, 1.82) is 0 Å². The fourth-order valence-corrected chi connectivity index (χ4v) is 5.65. The summed E-state index contributed by atoms with van der Waals surface area (Å²) in [5, 5.41) is 8.86. The van der Waals surface area contributed by atoms with Gasteiger partial charge in [0.2, 0.25) is 0 Å². The molecule has 300 valence electrons. The fourth-order valence-electron chi connectivity index (χ4n) is 4.87. The Balaban J connectivity index is 4.48. The smallest absolute Gasteiger partial charge is 0.472 e. The molecule has 3 atom stereocenters. The molecule has 0 aromatic carbocycles. The van der Waals surface area contributed by atoms with E-state index in [0.717, 1.165) is 83.5 Å². The molecule has 0 rings (SSSR count). The highest BCUT2D eigenvalue weighted by molar-refractivity contribution is 7.47. The van der Waals surface area contributed by atoms with E-state index in [1.54, 1.807) is 0 Å². The SMILES string of the molecule is CCCC/C=C/CCCCCCCC(=O)OC[C@@H](COP(=O)(O)OC[C@H](N)C(=O)O)OC(=O)CCCCCC/C=C/C/C=C/C/C=C/CCCCC. The van der Waals surface area contributed by atoms with Gasteiger partial charge in [-0.05, 0) is 70.6 Å². The van der Waals surface area contributed by atoms with Crippen molar-refractivity contribution in [3.63, 3.8) is 0 Å². The molecule has 52 heavy (non-hydrogen) atoms. The molecule has 0 fully saturated rings. The fraction of sp³-hybridized carbons (Fsp3) is 0.725. The van der Waals surface area contributed by atoms with Crippen molar-refractivity contribution in [2.75, 3.05) is 19.8 Å². The van der Waals surface area contributed by atoms with Gasteiger partial charge < -0.3 is 25.2 Å². The highest BCUT2D eigenvalue weighted by Gasteiger charge is 2.28. The molecule has 0 amide bonds. The van der Waals surface area contributed by atoms with Gasteiger partial charge in [0.05, 0.1) is 13.2 Å². The maximum atomic E-state index is 12.6. The molecule has 0 aliphatic heterocycles. The first kappa shape index (κ1) is 49.4. The number of unbranched alkanes of at least 4 members (excludes halogenated alkanes) is 14. The van der Waals surface area contributed by atoms with Gasteiger partial charge in [0.1, 0.15) is 12.6 Å². The molecular formula is C40H70NO10P. The first-order valence-electron chi connectivity index (χ1n) is 19.7. The zero-order valence-electron chi connectivity index (χ0n) is 32.1. The minimum atomic E-state index is -4.72. The van der Waals surface area contributed by atoms with Gasteiger partial charge in [0.25, 0.3) is 0 Å². The highest BCUT2D eigenvalue weighted by atomic mass is 31.2. The molecule has 0 aromatic heterocycles. The van der Waals surface area contributed by atoms with Gasteiger partial charge in [-0.1, -0.05) is 120 Å². The summed E-state index contributed by atoms with van der Waals surface area (Å²) in [4.78, 5) is 45.7. The number of hydrogen-bond acceptors (Lipinski definition) is 9. The molecule has 12 heteroatoms. The Morgan fingerprint density at radius 1 is 0.596 bits per heavy atom. The first-order chi connectivity index (χ1) is 25.1. The zero-order valence-corrected chi connectivity index (χ0v) is 33.0. The van der Waals surface area contributed by atoms with Crippen molar-refractivity contribution in [2.24, 2.45) is 5.73 Å². The van der Waals surface area contributed by atoms with Crippen LogP contribution in [0.15, 0.2) is 48.6 Å². The minimum Gasteiger partial charge on any atom is -0.480 e. The third-order valence-electron chi connectivity index (χ3n) is 8.05. The van der Waals surface area contributed by atoms with Crippen molar-refractivity contribution >= 4 is 25.7 Å². The maximum Gasteiger partial charge on any atom is 0.472 e. The molecule has 0 saturated carbocycles. The normalized spacial score (nSPS) is 14.4. The number of carboxylic acid groups (broad SMARTS) is 1. The number of phosphoric ester groups is 1. The number of esters is 2. The largest absolute Gasteiger partial charge is 0.480 e. The Bertz CT molecular complexity index is 1070. The summed E-state index contributed by atoms with van der Waals surface area (Å²) in [6, 6.07) is -1.53. The Kier molecular flexibility index (Phi) is 33.7. The van der Waals surface area contributed by atoms with E-state index >= 15 is 0 Å². The Hall–Kier alpha value is -2.56. The van der Waals surface area contributed by atoms with Crippen LogP contribution in [0.25, 0.3) is 0 Å². The summed E-state index contributed by atoms with van der Waals surface area (Å²) in [7, 11) is -4.72. The van der Waals surface area contributed by atoms with Gasteiger partial charge in [0.15, 0.2) is 6.10 Å². The number of allylic oxidation sites excluding steroid dienone is 8. The number of carboxylic acids is 1. The standard InChI is InChI=1S/C40H70NO10P/c1-3-5-7-9-11-13-15-16-17-18-19-20-22-24-26-28-30-32-39(43)51-36(34-49-52(46,47)50-35-37(41)40(44)45)33-48-38(42)31-29-27-25-23-21-14-12-10-8-6-4-2/h10-13,16-17,19-20,36-37H,3-9,14-15,18,21-35,41H2,1-2H3,(H,44,45)(H,46,47)/b12-10+,13-11+,17-16+,20-19+/t36-,37-/m0/s1. The minimum absolute atomic E-state index is 0.132. The van der Waals surface area contributed by atoms with Crippen LogP contribution in [0.5, 0.6) is 0 Å². The second-order valence-electron chi connectivity index (χ2n) is 13.1. The second-order valence-corrected chi connectivity index (χ2v) is 14.5. The molecule has 0 heterocycles. The van der Waals surface area contributed by atoms with Gasteiger partial charge in [-0.25, -0.2) is 4.57 Å². The van der Waals surface area contributed by atoms with Crippen molar-refractivity contribution in [3.8, 4) is 0 Å². The van der Waals surface area contributed by atoms with Crippen molar-refractivity contribution < 1.29 is 47.5 Å². The molecule has 0 aromatic rings. The number of rotatable bonds is 36. The van der Waals surface area contributed by atoms with Crippen LogP contribution in [0.4, 0.5) is 0 Å². The summed E-state index contributed by atoms with van der Waals surface area (Å²) < 4.78 is 32.5. The van der Waals surface area contributed by atoms with Crippen LogP contribution in [0.2, 0.25) is 0 Å². The van der Waals surface area contributed by atoms with Crippen LogP contribution in [0.1, 0.15) is 155 Å². The Labute approximate surface area is 314 Å². The lowest BCUT2D eigenvalue weighted by molar-refractivity contribution is -0.161. The summed E-state index contributed by atoms with van der Waals surface area (Å²) >= 11 is 0. The Morgan fingerprint density at radius 2 is 1.04 bits per heavy atom. The monoisotopic (exact) mass is 755 g/mol. The van der Waals surface area contributed by atoms with Crippen LogP contribution < -0.4 is 5.73 Å². The van der Waals surface area contributed by atoms with Gasteiger partial charge in [0, 0.05) is 12.8 Å². The number of aliphatic carboxylic acids is 1. The topological polar surface area (TPSA) is 172 Å². The van der Waals surface area contributed by atoms with Crippen LogP contribution >= 0.6 is 7.82 Å². The molecule has 0 saturated heterocycles. The van der Waals surface area contributed by atoms with Gasteiger partial charge in [-0.3, -0.25) is 23.4 Å². The predicted octanol–water partition coefficient (Wildman–Crippen LogP) is 9.83. The number of carbonyl (C=O) groups excluding carboxylic acids is 2. The van der Waals surface area contributed by atoms with Gasteiger partial charge in [-0.2, -0.15) is 0 Å². The maximum absolute atomic E-state index is 12.6. The van der Waals surface area contributed by atoms with E-state index in [0.29, 0.717) is 12.8 Å². The van der Waals surface area contributed by atoms with Gasteiger partial charge >= 0.3 is 25.7 Å². The molecule has 0 aliphatic carbocycles. The number of phosphoric acid groups is 1. The second kappa shape index (κ2) is 35.5. The molecule has 11 nitrogen and oxygen atoms in total. The van der Waals surface area contributed by atoms with E-state index in [4.69, 9.17) is 24.8 Å². The van der Waals surface area contributed by atoms with Crippen molar-refractivity contribution in [1.82, 2.24) is 0 Å². The summed E-state index contributed by atoms with van der Waals surface area (Å²) in [6.07, 6.45) is 37.5. The van der Waals surface area contributed by atoms with E-state index in [9.17, 15) is 23.8 Å². The van der Waals surface area contributed by atoms with E-state index in [1.807, 2.05) is 0 Å². The summed E-state index contributed by atoms with van der Waals surface area (Å²) in [5.41, 5.74) is 5.31. The molecule has 4 N–H and O–H groups in total. The Morgan fingerprint density at radius 3 is 1.60 bits per heavy atom. The van der Waals surface area contributed by atoms with E-state index in [-0.39, 0.29) is 19.4 Å². The van der Waals surface area contributed by atoms with Crippen LogP contribution in [0.3, 0.4) is 0 Å². The molecular weight excluding hydrogens is 685 g/mol. The summed E-state index contributed by atoms with van der Waals surface area (Å²) in [6.45, 7) is 2.68. The van der Waals surface area contributed by atoms with E-state index in [1.165, 1.54) is 32.1 Å². The average molecular weight is 756 g/mol. The molecule has 0 bridgehead atoms. The van der Waals surface area contributed by atoms with Crippen LogP contribution in [-0.4, -0.2) is 59.9 Å². The quantitative estimate of drug-likeness (QED) is 0.0241. The lowest BCUT2D eigenvalue weighted by Gasteiger charge is -2.20. The first-order valence-corrected chi connectivity index (χ1v) is 21.2. The predicted molar refractivity (Wildman–Crippen MR) is 208 cm³/mol. The lowest BCUT2D eigenvalue weighted by atomic mass is 10.1. The van der Waals surface area contributed by atoms with E-state index in [2.05, 4.69) is 67.0 Å². The third kappa shape index (κ3) is 34.5. The van der Waals surface area contributed by atoms with E-state index < -0.39 is 51.1 Å². The number of hydrogen-bond donors (Lipinski definition) is 3. The van der Waals surface area contributed by atoms with Gasteiger partial charge in [-0.15, -0.1) is 0 Å². The number of carbonyl (C=O) groups is 3. The van der Waals surface area contributed by atoms with Crippen molar-refractivity contribution in [3.05, 3.63) is 48.6 Å². The van der Waals surface area contributed by atoms with Crippen molar-refractivity contribution in [2.45, 2.75) is 167 Å². The van der Waals surface area contributed by atoms with Crippen LogP contribution in [0, 0.1) is 0 Å². The number of ether oxygens (including phenoxy) is 2. The van der Waals surface area contributed by atoms with Crippen LogP contribution in [-0.2, 0) is 37.5 Å². The molecule has 1 unspecified atom stereocenters. The number of nitrogens with two attached hydrogens (primary N) is 1. The summed E-state index contributed by atoms with van der Waals surface area (Å²) in [5.74, 6) is -2.43. The molecule has 0 aliphatic rings. The molecule has 0 spiro atoms. The zero-order chi connectivity index (χ0) is 38.5. The lowest BCUT2D eigenvalue weighted by Crippen LogP contribution is -2.34. The molecule has 0 radical (unpaired) electrons. The highest BCUT2D eigenvalue weighted by Crippen LogP contribution is 2.43. The third-order valence-corrected chi connectivity index (χ3v) is 9.00.